The van der Waals surface area contributed by atoms with Crippen molar-refractivity contribution in [2.45, 2.75) is 26.7 Å². The lowest BCUT2D eigenvalue weighted by molar-refractivity contribution is 0.513. The van der Waals surface area contributed by atoms with Crippen LogP contribution in [0.1, 0.15) is 24.1 Å². The summed E-state index contributed by atoms with van der Waals surface area (Å²) >= 11 is 6.07. The molecule has 1 N–H and O–H groups in total. The Morgan fingerprint density at radius 2 is 2.22 bits per heavy atom. The quantitative estimate of drug-likeness (QED) is 0.843. The minimum absolute atomic E-state index is 0.516. The Balaban J connectivity index is 2.02. The molecule has 96 valence electrons. The fourth-order valence-electron chi connectivity index (χ4n) is 1.62. The second-order valence-electron chi connectivity index (χ2n) is 4.01. The number of furan rings is 1. The first-order valence-corrected chi connectivity index (χ1v) is 6.37. The second-order valence-corrected chi connectivity index (χ2v) is 4.37. The molecule has 0 fully saturated rings. The van der Waals surface area contributed by atoms with E-state index in [2.05, 4.69) is 15.3 Å². The van der Waals surface area contributed by atoms with Crippen LogP contribution >= 0.6 is 11.6 Å². The van der Waals surface area contributed by atoms with Gasteiger partial charge in [-0.25, -0.2) is 9.97 Å². The Kier molecular flexibility index (Phi) is 4.20. The fourth-order valence-corrected chi connectivity index (χ4v) is 1.81. The third-order valence-corrected chi connectivity index (χ3v) is 3.06. The van der Waals surface area contributed by atoms with E-state index >= 15 is 0 Å². The molecule has 0 saturated heterocycles. The third-order valence-electron chi connectivity index (χ3n) is 2.69. The van der Waals surface area contributed by atoms with Crippen LogP contribution < -0.4 is 5.32 Å². The summed E-state index contributed by atoms with van der Waals surface area (Å²) in [6.07, 6.45) is 3.26. The molecule has 2 aromatic rings. The number of anilines is 1. The lowest BCUT2D eigenvalue weighted by Gasteiger charge is -2.10. The maximum absolute atomic E-state index is 6.07. The first-order valence-electron chi connectivity index (χ1n) is 6.00. The summed E-state index contributed by atoms with van der Waals surface area (Å²) in [5.41, 5.74) is 0.883. The van der Waals surface area contributed by atoms with Gasteiger partial charge in [-0.3, -0.25) is 0 Å². The molecule has 0 aliphatic rings. The van der Waals surface area contributed by atoms with Crippen molar-refractivity contribution in [3.05, 3.63) is 40.7 Å². The topological polar surface area (TPSA) is 51.0 Å². The maximum atomic E-state index is 6.07. The molecule has 18 heavy (non-hydrogen) atoms. The molecule has 0 bridgehead atoms. The van der Waals surface area contributed by atoms with Gasteiger partial charge >= 0.3 is 0 Å². The van der Waals surface area contributed by atoms with Crippen LogP contribution in [-0.2, 0) is 12.8 Å². The zero-order valence-corrected chi connectivity index (χ0v) is 11.3. The molecule has 2 aromatic heterocycles. The van der Waals surface area contributed by atoms with E-state index in [-0.39, 0.29) is 0 Å². The molecule has 0 aliphatic heterocycles. The molecule has 4 nitrogen and oxygen atoms in total. The molecular weight excluding hydrogens is 250 g/mol. The molecule has 0 amide bonds. The lowest BCUT2D eigenvalue weighted by Crippen LogP contribution is -2.09. The van der Waals surface area contributed by atoms with E-state index in [0.717, 1.165) is 42.4 Å². The van der Waals surface area contributed by atoms with Crippen LogP contribution in [0, 0.1) is 6.92 Å². The van der Waals surface area contributed by atoms with Gasteiger partial charge in [0.1, 0.15) is 22.6 Å². The van der Waals surface area contributed by atoms with E-state index in [1.165, 1.54) is 0 Å². The minimum Gasteiger partial charge on any atom is -0.469 e. The SMILES string of the molecule is CCc1nc(Cl)c(C)c(NCCc2ccco2)n1. The number of nitrogens with zero attached hydrogens (tertiary/aromatic N) is 2. The van der Waals surface area contributed by atoms with Crippen LogP contribution in [0.3, 0.4) is 0 Å². The van der Waals surface area contributed by atoms with E-state index in [0.29, 0.717) is 5.15 Å². The smallest absolute Gasteiger partial charge is 0.137 e. The number of nitrogens with one attached hydrogen (secondary N) is 1. The molecule has 0 atom stereocenters. The predicted octanol–water partition coefficient (Wildman–Crippen LogP) is 3.25. The Morgan fingerprint density at radius 3 is 2.89 bits per heavy atom. The molecule has 0 spiro atoms. The molecule has 0 aromatic carbocycles. The van der Waals surface area contributed by atoms with Gasteiger partial charge in [-0.15, -0.1) is 0 Å². The molecule has 0 radical (unpaired) electrons. The molecule has 5 heteroatoms. The van der Waals surface area contributed by atoms with E-state index in [9.17, 15) is 0 Å². The van der Waals surface area contributed by atoms with Gasteiger partial charge in [0.25, 0.3) is 0 Å². The Labute approximate surface area is 111 Å². The van der Waals surface area contributed by atoms with Gasteiger partial charge in [0.2, 0.25) is 0 Å². The highest BCUT2D eigenvalue weighted by molar-refractivity contribution is 6.30. The van der Waals surface area contributed by atoms with Crippen molar-refractivity contribution in [2.75, 3.05) is 11.9 Å². The van der Waals surface area contributed by atoms with Crippen molar-refractivity contribution in [3.63, 3.8) is 0 Å². The number of hydrogen-bond acceptors (Lipinski definition) is 4. The summed E-state index contributed by atoms with van der Waals surface area (Å²) in [5, 5.41) is 3.79. The number of aromatic nitrogens is 2. The van der Waals surface area contributed by atoms with E-state index < -0.39 is 0 Å². The number of aryl methyl sites for hydroxylation is 1. The van der Waals surface area contributed by atoms with Gasteiger partial charge in [0, 0.05) is 24.9 Å². The van der Waals surface area contributed by atoms with Crippen molar-refractivity contribution in [2.24, 2.45) is 0 Å². The summed E-state index contributed by atoms with van der Waals surface area (Å²) < 4.78 is 5.27. The Morgan fingerprint density at radius 1 is 1.39 bits per heavy atom. The van der Waals surface area contributed by atoms with Gasteiger partial charge in [-0.05, 0) is 19.1 Å². The van der Waals surface area contributed by atoms with Crippen LogP contribution in [0.15, 0.2) is 22.8 Å². The average Bonchev–Trinajstić information content (AvgIpc) is 2.87. The zero-order chi connectivity index (χ0) is 13.0. The Hall–Kier alpha value is -1.55. The monoisotopic (exact) mass is 265 g/mol. The van der Waals surface area contributed by atoms with Crippen LogP contribution in [0.2, 0.25) is 5.15 Å². The van der Waals surface area contributed by atoms with Crippen LogP contribution in [0.25, 0.3) is 0 Å². The largest absolute Gasteiger partial charge is 0.469 e. The van der Waals surface area contributed by atoms with Gasteiger partial charge in [-0.2, -0.15) is 0 Å². The van der Waals surface area contributed by atoms with E-state index in [1.807, 2.05) is 26.0 Å². The van der Waals surface area contributed by atoms with Crippen molar-refractivity contribution < 1.29 is 4.42 Å². The number of rotatable bonds is 5. The molecule has 2 heterocycles. The van der Waals surface area contributed by atoms with Gasteiger partial charge in [-0.1, -0.05) is 18.5 Å². The van der Waals surface area contributed by atoms with E-state index in [1.54, 1.807) is 6.26 Å². The predicted molar refractivity (Wildman–Crippen MR) is 72.1 cm³/mol. The van der Waals surface area contributed by atoms with Gasteiger partial charge in [0.05, 0.1) is 6.26 Å². The summed E-state index contributed by atoms with van der Waals surface area (Å²) in [6, 6.07) is 3.84. The first kappa shape index (κ1) is 12.9. The molecular formula is C13H16ClN3O. The molecule has 2 rings (SSSR count). The normalized spacial score (nSPS) is 10.6. The number of hydrogen-bond donors (Lipinski definition) is 1. The fraction of sp³-hybridized carbons (Fsp3) is 0.385. The standard InChI is InChI=1S/C13H16ClN3O/c1-3-11-16-12(14)9(2)13(17-11)15-7-6-10-5-4-8-18-10/h4-5,8H,3,6-7H2,1-2H3,(H,15,16,17). The summed E-state index contributed by atoms with van der Waals surface area (Å²) in [7, 11) is 0. The van der Waals surface area contributed by atoms with Crippen molar-refractivity contribution in [1.82, 2.24) is 9.97 Å². The van der Waals surface area contributed by atoms with Crippen LogP contribution in [-0.4, -0.2) is 16.5 Å². The second kappa shape index (κ2) is 5.87. The van der Waals surface area contributed by atoms with Crippen molar-refractivity contribution in [1.29, 1.82) is 0 Å². The Bertz CT molecular complexity index is 511. The van der Waals surface area contributed by atoms with Crippen molar-refractivity contribution >= 4 is 17.4 Å². The molecule has 0 unspecified atom stereocenters. The maximum Gasteiger partial charge on any atom is 0.137 e. The van der Waals surface area contributed by atoms with Crippen LogP contribution in [0.4, 0.5) is 5.82 Å². The summed E-state index contributed by atoms with van der Waals surface area (Å²) in [4.78, 5) is 8.64. The number of halogens is 1. The molecule has 0 aliphatic carbocycles. The zero-order valence-electron chi connectivity index (χ0n) is 10.5. The van der Waals surface area contributed by atoms with Gasteiger partial charge in [0.15, 0.2) is 0 Å². The highest BCUT2D eigenvalue weighted by Gasteiger charge is 2.08. The summed E-state index contributed by atoms with van der Waals surface area (Å²) in [6.45, 7) is 4.68. The first-order chi connectivity index (χ1) is 8.70. The third kappa shape index (κ3) is 3.01. The highest BCUT2D eigenvalue weighted by atomic mass is 35.5. The lowest BCUT2D eigenvalue weighted by atomic mass is 10.3. The van der Waals surface area contributed by atoms with Gasteiger partial charge < -0.3 is 9.73 Å². The summed E-state index contributed by atoms with van der Waals surface area (Å²) in [5.74, 6) is 2.51. The van der Waals surface area contributed by atoms with Crippen molar-refractivity contribution in [3.8, 4) is 0 Å². The molecule has 0 saturated carbocycles. The minimum atomic E-state index is 0.516. The highest BCUT2D eigenvalue weighted by Crippen LogP contribution is 2.20. The average molecular weight is 266 g/mol. The van der Waals surface area contributed by atoms with E-state index in [4.69, 9.17) is 16.0 Å². The van der Waals surface area contributed by atoms with Crippen LogP contribution in [0.5, 0.6) is 0 Å².